The van der Waals surface area contributed by atoms with Crippen molar-refractivity contribution in [1.29, 1.82) is 0 Å². The summed E-state index contributed by atoms with van der Waals surface area (Å²) in [5.41, 5.74) is 2.27. The maximum atomic E-state index is 14.0. The molecular formula is C31H32F3O3S2+. The lowest BCUT2D eigenvalue weighted by molar-refractivity contribution is -0.137. The van der Waals surface area contributed by atoms with Gasteiger partial charge in [-0.3, -0.25) is 3.63 Å². The fourth-order valence-electron chi connectivity index (χ4n) is 4.67. The molecule has 0 atom stereocenters. The van der Waals surface area contributed by atoms with E-state index in [9.17, 15) is 21.6 Å². The number of benzene rings is 4. The monoisotopic (exact) mass is 573 g/mol. The lowest BCUT2D eigenvalue weighted by atomic mass is 10.0. The lowest BCUT2D eigenvalue weighted by Gasteiger charge is -2.37. The first kappa shape index (κ1) is 28.9. The molecule has 0 aliphatic carbocycles. The summed E-state index contributed by atoms with van der Waals surface area (Å²) in [5, 5.41) is 0. The molecule has 4 aromatic carbocycles. The van der Waals surface area contributed by atoms with E-state index in [1.165, 1.54) is 0 Å². The van der Waals surface area contributed by atoms with Crippen LogP contribution in [0.15, 0.2) is 117 Å². The van der Waals surface area contributed by atoms with E-state index in [1.54, 1.807) is 0 Å². The lowest BCUT2D eigenvalue weighted by Crippen LogP contribution is -2.21. The summed E-state index contributed by atoms with van der Waals surface area (Å²) in [6, 6.07) is 26.5. The van der Waals surface area contributed by atoms with Crippen LogP contribution in [0.3, 0.4) is 0 Å². The SMILES string of the molecule is CCc1cc(CC)c(S([OH+]S(=O)(=O)c2ccc(C(F)(F)F)cc2)(c2ccccc2)c2ccccc2)c(CC)c1. The molecule has 0 bridgehead atoms. The van der Waals surface area contributed by atoms with Crippen molar-refractivity contribution in [1.82, 2.24) is 0 Å². The summed E-state index contributed by atoms with van der Waals surface area (Å²) in [7, 11) is -7.17. The minimum atomic E-state index is -4.57. The van der Waals surface area contributed by atoms with Gasteiger partial charge in [0.2, 0.25) is 0 Å². The Morgan fingerprint density at radius 3 is 1.49 bits per heavy atom. The Bertz CT molecular complexity index is 1450. The molecule has 0 aromatic heterocycles. The molecule has 0 unspecified atom stereocenters. The van der Waals surface area contributed by atoms with E-state index >= 15 is 0 Å². The summed E-state index contributed by atoms with van der Waals surface area (Å²) in [6.07, 6.45) is -2.41. The van der Waals surface area contributed by atoms with Gasteiger partial charge in [0.1, 0.15) is 4.90 Å². The van der Waals surface area contributed by atoms with Gasteiger partial charge < -0.3 is 0 Å². The fourth-order valence-corrected chi connectivity index (χ4v) is 10.7. The molecule has 0 saturated carbocycles. The van der Waals surface area contributed by atoms with Crippen molar-refractivity contribution in [2.24, 2.45) is 0 Å². The third-order valence-electron chi connectivity index (χ3n) is 6.63. The van der Waals surface area contributed by atoms with Gasteiger partial charge >= 0.3 is 16.3 Å². The second-order valence-corrected chi connectivity index (χ2v) is 13.6. The first-order valence-electron chi connectivity index (χ1n) is 12.8. The Labute approximate surface area is 230 Å². The minimum absolute atomic E-state index is 0.277. The molecule has 0 aliphatic heterocycles. The van der Waals surface area contributed by atoms with Crippen molar-refractivity contribution in [3.05, 3.63) is 119 Å². The molecule has 1 N–H and O–H groups in total. The standard InChI is InChI=1S/C31H31F3O3S2/c1-4-23-21-24(5-2)30(25(6-3)22-23)38(27-13-9-7-10-14-27,28-15-11-8-12-16-28)37-39(35,36)29-19-17-26(18-20-29)31(32,33)34/h7-22H,4-6H2,1-3H3/p+1. The summed E-state index contributed by atoms with van der Waals surface area (Å²) >= 11 is 0. The van der Waals surface area contributed by atoms with E-state index < -0.39 is 32.2 Å². The molecule has 0 heterocycles. The van der Waals surface area contributed by atoms with E-state index in [4.69, 9.17) is 3.63 Å². The predicted molar refractivity (Wildman–Crippen MR) is 151 cm³/mol. The van der Waals surface area contributed by atoms with E-state index in [2.05, 4.69) is 19.1 Å². The molecule has 4 aromatic rings. The molecule has 4 rings (SSSR count). The highest BCUT2D eigenvalue weighted by Crippen LogP contribution is 2.70. The zero-order chi connectivity index (χ0) is 28.3. The van der Waals surface area contributed by atoms with Gasteiger partial charge in [-0.15, -0.1) is 8.42 Å². The maximum absolute atomic E-state index is 14.0. The Hall–Kier alpha value is -3.07. The van der Waals surface area contributed by atoms with Gasteiger partial charge in [0.15, 0.2) is 0 Å². The van der Waals surface area contributed by atoms with Gasteiger partial charge in [-0.1, -0.05) is 69.3 Å². The largest absolute Gasteiger partial charge is 0.422 e. The fraction of sp³-hybridized carbons (Fsp3) is 0.226. The van der Waals surface area contributed by atoms with Gasteiger partial charge in [0, 0.05) is 0 Å². The van der Waals surface area contributed by atoms with Gasteiger partial charge in [-0.05, 0) is 84.5 Å². The van der Waals surface area contributed by atoms with E-state index in [0.717, 1.165) is 62.1 Å². The highest BCUT2D eigenvalue weighted by molar-refractivity contribution is 8.32. The third-order valence-corrected chi connectivity index (χ3v) is 12.2. The molecule has 39 heavy (non-hydrogen) atoms. The Kier molecular flexibility index (Phi) is 8.59. The normalized spacial score (nSPS) is 12.9. The smallest absolute Gasteiger partial charge is 0.258 e. The number of hydrogen-bond acceptors (Lipinski definition) is 2. The molecular weight excluding hydrogens is 541 g/mol. The first-order valence-corrected chi connectivity index (χ1v) is 15.8. The maximum Gasteiger partial charge on any atom is 0.422 e. The van der Waals surface area contributed by atoms with Gasteiger partial charge in [0.05, 0.1) is 30.6 Å². The molecule has 0 spiro atoms. The Morgan fingerprint density at radius 2 is 1.10 bits per heavy atom. The predicted octanol–water partition coefficient (Wildman–Crippen LogP) is 9.07. The summed E-state index contributed by atoms with van der Waals surface area (Å²) in [5.74, 6) is 0. The molecule has 3 nitrogen and oxygen atoms in total. The summed E-state index contributed by atoms with van der Waals surface area (Å²) in [4.78, 5) is 2.07. The van der Waals surface area contributed by atoms with Crippen LogP contribution >= 0.6 is 10.3 Å². The highest BCUT2D eigenvalue weighted by atomic mass is 32.3. The molecule has 8 heteroatoms. The molecule has 0 radical (unpaired) electrons. The van der Waals surface area contributed by atoms with Crippen LogP contribution < -0.4 is 0 Å². The van der Waals surface area contributed by atoms with E-state index in [0.29, 0.717) is 12.8 Å². The Balaban J connectivity index is 2.07. The van der Waals surface area contributed by atoms with E-state index in [-0.39, 0.29) is 4.90 Å². The van der Waals surface area contributed by atoms with Gasteiger partial charge in [0.25, 0.3) is 0 Å². The van der Waals surface area contributed by atoms with Crippen molar-refractivity contribution in [3.63, 3.8) is 0 Å². The Morgan fingerprint density at radius 1 is 0.641 bits per heavy atom. The molecule has 206 valence electrons. The number of hydrogen-bond donors (Lipinski definition) is 0. The van der Waals surface area contributed by atoms with Crippen molar-refractivity contribution in [2.45, 2.75) is 65.8 Å². The average molecular weight is 574 g/mol. The summed E-state index contributed by atoms with van der Waals surface area (Å²) in [6.45, 7) is 6.17. The average Bonchev–Trinajstić information content (AvgIpc) is 2.95. The van der Waals surface area contributed by atoms with Crippen molar-refractivity contribution >= 4 is 20.4 Å². The van der Waals surface area contributed by atoms with Crippen molar-refractivity contribution in [2.75, 3.05) is 0 Å². The van der Waals surface area contributed by atoms with Crippen molar-refractivity contribution < 1.29 is 25.2 Å². The van der Waals surface area contributed by atoms with Crippen molar-refractivity contribution in [3.8, 4) is 0 Å². The number of alkyl halides is 3. The van der Waals surface area contributed by atoms with Crippen LogP contribution in [0.2, 0.25) is 0 Å². The van der Waals surface area contributed by atoms with Gasteiger partial charge in [-0.25, -0.2) is 0 Å². The molecule has 0 amide bonds. The van der Waals surface area contributed by atoms with Crippen LogP contribution in [0.1, 0.15) is 43.0 Å². The minimum Gasteiger partial charge on any atom is -0.258 e. The van der Waals surface area contributed by atoms with Crippen LogP contribution in [0, 0.1) is 0 Å². The quantitative estimate of drug-likeness (QED) is 0.148. The molecule has 0 aliphatic rings. The van der Waals surface area contributed by atoms with Crippen LogP contribution in [0.25, 0.3) is 0 Å². The molecule has 0 saturated heterocycles. The number of aryl methyl sites for hydroxylation is 3. The number of halogens is 3. The number of rotatable bonds is 9. The topological polar surface area (TPSA) is 46.9 Å². The third kappa shape index (κ3) is 5.78. The van der Waals surface area contributed by atoms with Crippen LogP contribution in [-0.2, 0) is 35.6 Å². The second-order valence-electron chi connectivity index (χ2n) is 9.08. The second kappa shape index (κ2) is 11.6. The van der Waals surface area contributed by atoms with Gasteiger partial charge in [-0.2, -0.15) is 13.2 Å². The molecule has 0 fully saturated rings. The van der Waals surface area contributed by atoms with E-state index in [1.807, 2.05) is 74.5 Å². The summed E-state index contributed by atoms with van der Waals surface area (Å²) < 4.78 is 72.4. The highest BCUT2D eigenvalue weighted by Gasteiger charge is 2.46. The zero-order valence-electron chi connectivity index (χ0n) is 22.1. The van der Waals surface area contributed by atoms with Crippen LogP contribution in [-0.4, -0.2) is 12.0 Å². The first-order chi connectivity index (χ1) is 18.6. The zero-order valence-corrected chi connectivity index (χ0v) is 23.7. The van der Waals surface area contributed by atoms with Crippen LogP contribution in [0.4, 0.5) is 13.2 Å². The van der Waals surface area contributed by atoms with Crippen LogP contribution in [0.5, 0.6) is 0 Å².